The third kappa shape index (κ3) is 1.27. The summed E-state index contributed by atoms with van der Waals surface area (Å²) >= 11 is 0. The Morgan fingerprint density at radius 3 is 2.36 bits per heavy atom. The van der Waals surface area contributed by atoms with E-state index in [0.717, 1.165) is 25.9 Å². The average molecular weight is 192 g/mol. The molecule has 0 aromatic heterocycles. The van der Waals surface area contributed by atoms with Crippen molar-refractivity contribution < 1.29 is 4.79 Å². The Labute approximate surface area is 84.2 Å². The lowest BCUT2D eigenvalue weighted by atomic mass is 9.90. The summed E-state index contributed by atoms with van der Waals surface area (Å²) in [5, 5.41) is 3.45. The second-order valence-corrected chi connectivity index (χ2v) is 4.68. The van der Waals surface area contributed by atoms with Gasteiger partial charge in [-0.2, -0.15) is 0 Å². The first-order valence-electron chi connectivity index (χ1n) is 5.53. The van der Waals surface area contributed by atoms with Crippen molar-refractivity contribution >= 4 is 5.91 Å². The molecule has 3 fully saturated rings. The molecular formula is C11H16N2O. The molecule has 0 aromatic carbocycles. The zero-order chi connectivity index (χ0) is 9.54. The third-order valence-corrected chi connectivity index (χ3v) is 3.59. The number of carbonyl (C=O) groups is 1. The molecular weight excluding hydrogens is 176 g/mol. The summed E-state index contributed by atoms with van der Waals surface area (Å²) < 4.78 is 0. The minimum atomic E-state index is 0.257. The van der Waals surface area contributed by atoms with Gasteiger partial charge < -0.3 is 10.2 Å². The highest BCUT2D eigenvalue weighted by Gasteiger charge is 2.39. The SMILES string of the molecule is O=C(C1CC=CC1)N1CC2CC(C1)N2. The number of nitrogens with zero attached hydrogens (tertiary/aromatic N) is 1. The molecule has 1 N–H and O–H groups in total. The quantitative estimate of drug-likeness (QED) is 0.614. The molecule has 14 heavy (non-hydrogen) atoms. The molecule has 2 bridgehead atoms. The van der Waals surface area contributed by atoms with Crippen LogP contribution in [0.25, 0.3) is 0 Å². The lowest BCUT2D eigenvalue weighted by Crippen LogP contribution is -2.68. The molecule has 1 amide bonds. The molecule has 0 spiro atoms. The molecule has 3 heteroatoms. The van der Waals surface area contributed by atoms with Crippen LogP contribution in [0.4, 0.5) is 0 Å². The van der Waals surface area contributed by atoms with Crippen LogP contribution in [0, 0.1) is 5.92 Å². The average Bonchev–Trinajstić information content (AvgIpc) is 2.68. The predicted octanol–water partition coefficient (Wildman–Crippen LogP) is 0.525. The van der Waals surface area contributed by atoms with Gasteiger partial charge in [0.2, 0.25) is 5.91 Å². The van der Waals surface area contributed by atoms with Gasteiger partial charge in [-0.05, 0) is 19.3 Å². The Morgan fingerprint density at radius 2 is 1.79 bits per heavy atom. The van der Waals surface area contributed by atoms with E-state index in [9.17, 15) is 4.79 Å². The van der Waals surface area contributed by atoms with Gasteiger partial charge in [0.15, 0.2) is 0 Å². The van der Waals surface area contributed by atoms with Crippen molar-refractivity contribution in [2.45, 2.75) is 31.3 Å². The number of piperazine rings is 1. The maximum Gasteiger partial charge on any atom is 0.226 e. The first-order chi connectivity index (χ1) is 6.83. The second-order valence-electron chi connectivity index (χ2n) is 4.68. The van der Waals surface area contributed by atoms with E-state index in [1.807, 2.05) is 0 Å². The van der Waals surface area contributed by atoms with Crippen LogP contribution in [-0.2, 0) is 4.79 Å². The topological polar surface area (TPSA) is 32.3 Å². The van der Waals surface area contributed by atoms with E-state index < -0.39 is 0 Å². The number of allylic oxidation sites excluding steroid dienone is 2. The van der Waals surface area contributed by atoms with Crippen LogP contribution in [0.3, 0.4) is 0 Å². The predicted molar refractivity (Wildman–Crippen MR) is 53.8 cm³/mol. The van der Waals surface area contributed by atoms with Crippen molar-refractivity contribution in [2.24, 2.45) is 5.92 Å². The highest BCUT2D eigenvalue weighted by Crippen LogP contribution is 2.26. The first-order valence-corrected chi connectivity index (χ1v) is 5.53. The fourth-order valence-corrected chi connectivity index (χ4v) is 2.77. The number of nitrogens with one attached hydrogen (secondary N) is 1. The number of piperidine rings is 1. The lowest BCUT2D eigenvalue weighted by Gasteiger charge is -2.48. The van der Waals surface area contributed by atoms with Gasteiger partial charge in [-0.15, -0.1) is 0 Å². The van der Waals surface area contributed by atoms with Crippen molar-refractivity contribution in [3.63, 3.8) is 0 Å². The van der Waals surface area contributed by atoms with Crippen LogP contribution in [0.1, 0.15) is 19.3 Å². The summed E-state index contributed by atoms with van der Waals surface area (Å²) in [5.74, 6) is 0.638. The molecule has 0 saturated carbocycles. The van der Waals surface area contributed by atoms with Gasteiger partial charge in [0.25, 0.3) is 0 Å². The van der Waals surface area contributed by atoms with E-state index in [-0.39, 0.29) is 5.92 Å². The molecule has 2 unspecified atom stereocenters. The highest BCUT2D eigenvalue weighted by atomic mass is 16.2. The van der Waals surface area contributed by atoms with Crippen LogP contribution in [-0.4, -0.2) is 36.0 Å². The zero-order valence-corrected chi connectivity index (χ0v) is 8.28. The van der Waals surface area contributed by atoms with Crippen molar-refractivity contribution in [1.82, 2.24) is 10.2 Å². The number of carbonyl (C=O) groups excluding carboxylic acids is 1. The van der Waals surface area contributed by atoms with Gasteiger partial charge in [-0.3, -0.25) is 4.79 Å². The maximum atomic E-state index is 12.0. The Kier molecular flexibility index (Phi) is 1.87. The van der Waals surface area contributed by atoms with E-state index in [1.54, 1.807) is 0 Å². The van der Waals surface area contributed by atoms with Crippen LogP contribution in [0.2, 0.25) is 0 Å². The molecule has 4 aliphatic rings. The smallest absolute Gasteiger partial charge is 0.226 e. The number of hydrogen-bond acceptors (Lipinski definition) is 2. The van der Waals surface area contributed by atoms with Gasteiger partial charge in [0.05, 0.1) is 0 Å². The third-order valence-electron chi connectivity index (χ3n) is 3.59. The van der Waals surface area contributed by atoms with E-state index >= 15 is 0 Å². The van der Waals surface area contributed by atoms with Gasteiger partial charge in [0.1, 0.15) is 0 Å². The summed E-state index contributed by atoms with van der Waals surface area (Å²) in [5.41, 5.74) is 0. The monoisotopic (exact) mass is 192 g/mol. The Morgan fingerprint density at radius 1 is 1.21 bits per heavy atom. The highest BCUT2D eigenvalue weighted by molar-refractivity contribution is 5.80. The van der Waals surface area contributed by atoms with Gasteiger partial charge >= 0.3 is 0 Å². The normalized spacial score (nSPS) is 35.9. The maximum absolute atomic E-state index is 12.0. The summed E-state index contributed by atoms with van der Waals surface area (Å²) in [6.45, 7) is 1.87. The molecule has 3 aliphatic heterocycles. The minimum Gasteiger partial charge on any atom is -0.339 e. The molecule has 4 rings (SSSR count). The molecule has 3 saturated heterocycles. The van der Waals surface area contributed by atoms with Crippen LogP contribution < -0.4 is 5.32 Å². The van der Waals surface area contributed by atoms with E-state index in [4.69, 9.17) is 0 Å². The van der Waals surface area contributed by atoms with E-state index in [2.05, 4.69) is 22.4 Å². The van der Waals surface area contributed by atoms with Gasteiger partial charge in [0, 0.05) is 31.1 Å². The standard InChI is InChI=1S/C11H16N2O/c14-11(8-3-1-2-4-8)13-6-9-5-10(7-13)12-9/h1-2,8-10,12H,3-7H2. The fraction of sp³-hybridized carbons (Fsp3) is 0.727. The number of amides is 1. The second kappa shape index (κ2) is 3.09. The van der Waals surface area contributed by atoms with E-state index in [0.29, 0.717) is 18.0 Å². The largest absolute Gasteiger partial charge is 0.339 e. The zero-order valence-electron chi connectivity index (χ0n) is 8.28. The molecule has 2 atom stereocenters. The fourth-order valence-electron chi connectivity index (χ4n) is 2.77. The molecule has 1 aliphatic carbocycles. The summed E-state index contributed by atoms with van der Waals surface area (Å²) in [7, 11) is 0. The summed E-state index contributed by atoms with van der Waals surface area (Å²) in [6.07, 6.45) is 7.44. The first kappa shape index (κ1) is 8.48. The molecule has 0 radical (unpaired) electrons. The van der Waals surface area contributed by atoms with Crippen LogP contribution >= 0.6 is 0 Å². The van der Waals surface area contributed by atoms with Crippen molar-refractivity contribution in [1.29, 1.82) is 0 Å². The van der Waals surface area contributed by atoms with Crippen molar-refractivity contribution in [3.05, 3.63) is 12.2 Å². The minimum absolute atomic E-state index is 0.257. The van der Waals surface area contributed by atoms with Crippen LogP contribution in [0.5, 0.6) is 0 Å². The molecule has 3 nitrogen and oxygen atoms in total. The lowest BCUT2D eigenvalue weighted by molar-refractivity contribution is -0.139. The Hall–Kier alpha value is -0.830. The Bertz CT molecular complexity index is 263. The number of rotatable bonds is 1. The summed E-state index contributed by atoms with van der Waals surface area (Å²) in [4.78, 5) is 14.1. The molecule has 3 heterocycles. The van der Waals surface area contributed by atoms with Gasteiger partial charge in [-0.1, -0.05) is 12.2 Å². The van der Waals surface area contributed by atoms with Crippen molar-refractivity contribution in [2.75, 3.05) is 13.1 Å². The van der Waals surface area contributed by atoms with Crippen LogP contribution in [0.15, 0.2) is 12.2 Å². The summed E-state index contributed by atoms with van der Waals surface area (Å²) in [6, 6.07) is 1.18. The van der Waals surface area contributed by atoms with Crippen molar-refractivity contribution in [3.8, 4) is 0 Å². The number of fused-ring (bicyclic) bond motifs is 2. The molecule has 0 aromatic rings. The number of hydrogen-bond donors (Lipinski definition) is 1. The van der Waals surface area contributed by atoms with E-state index in [1.165, 1.54) is 6.42 Å². The van der Waals surface area contributed by atoms with Gasteiger partial charge in [-0.25, -0.2) is 0 Å². The Balaban J connectivity index is 1.62. The molecule has 76 valence electrons.